The van der Waals surface area contributed by atoms with Crippen LogP contribution in [0, 0.1) is 6.92 Å². The zero-order chi connectivity index (χ0) is 13.9. The van der Waals surface area contributed by atoms with Gasteiger partial charge in [0.2, 0.25) is 0 Å². The largest absolute Gasteiger partial charge is 0.469 e. The Morgan fingerprint density at radius 1 is 1.40 bits per heavy atom. The Morgan fingerprint density at radius 3 is 3.10 bits per heavy atom. The summed E-state index contributed by atoms with van der Waals surface area (Å²) in [5, 5.41) is 8.91. The lowest BCUT2D eigenvalue weighted by Crippen LogP contribution is -2.16. The Hall–Kier alpha value is -2.14. The number of furan rings is 1. The van der Waals surface area contributed by atoms with Gasteiger partial charge in [-0.2, -0.15) is 5.10 Å². The Bertz CT molecular complexity index is 700. The van der Waals surface area contributed by atoms with Gasteiger partial charge in [0.25, 0.3) is 0 Å². The van der Waals surface area contributed by atoms with Gasteiger partial charge in [-0.05, 0) is 30.7 Å². The van der Waals surface area contributed by atoms with Crippen LogP contribution >= 0.6 is 0 Å². The number of hydrogen-bond donors (Lipinski definition) is 1. The van der Waals surface area contributed by atoms with Gasteiger partial charge in [-0.15, -0.1) is 0 Å². The third kappa shape index (κ3) is 2.58. The molecule has 104 valence electrons. The smallest absolute Gasteiger partial charge is 0.157 e. The van der Waals surface area contributed by atoms with Crippen LogP contribution in [-0.4, -0.2) is 21.3 Å². The second-order valence-electron chi connectivity index (χ2n) is 4.93. The first-order chi connectivity index (χ1) is 9.74. The maximum absolute atomic E-state index is 5.30. The molecule has 3 aromatic heterocycles. The van der Waals surface area contributed by atoms with Crippen molar-refractivity contribution in [3.8, 4) is 0 Å². The van der Waals surface area contributed by atoms with Crippen LogP contribution in [0.2, 0.25) is 0 Å². The molecule has 0 bridgehead atoms. The van der Waals surface area contributed by atoms with Gasteiger partial charge in [0, 0.05) is 38.1 Å². The lowest BCUT2D eigenvalue weighted by molar-refractivity contribution is 0.499. The number of nitrogens with zero attached hydrogens (tertiary/aromatic N) is 3. The Kier molecular flexibility index (Phi) is 3.52. The van der Waals surface area contributed by atoms with Gasteiger partial charge in [-0.25, -0.2) is 4.98 Å². The summed E-state index contributed by atoms with van der Waals surface area (Å²) in [4.78, 5) is 4.47. The molecule has 0 aliphatic carbocycles. The van der Waals surface area contributed by atoms with Crippen molar-refractivity contribution in [1.82, 2.24) is 20.1 Å². The number of aryl methyl sites for hydroxylation is 2. The molecule has 0 spiro atoms. The van der Waals surface area contributed by atoms with Gasteiger partial charge in [0.1, 0.15) is 5.76 Å². The third-order valence-electron chi connectivity index (χ3n) is 3.38. The highest BCUT2D eigenvalue weighted by atomic mass is 16.3. The van der Waals surface area contributed by atoms with Gasteiger partial charge in [-0.3, -0.25) is 4.68 Å². The molecule has 5 heteroatoms. The van der Waals surface area contributed by atoms with Gasteiger partial charge >= 0.3 is 0 Å². The number of rotatable bonds is 5. The number of pyridine rings is 1. The molecule has 3 rings (SSSR count). The SMILES string of the molecule is Cc1nn(C)c2ncc(CNCCc3ccco3)cc12. The molecule has 3 heterocycles. The molecule has 0 aliphatic heterocycles. The van der Waals surface area contributed by atoms with Crippen LogP contribution in [0.3, 0.4) is 0 Å². The van der Waals surface area contributed by atoms with Gasteiger partial charge in [0.05, 0.1) is 12.0 Å². The van der Waals surface area contributed by atoms with Gasteiger partial charge in [0.15, 0.2) is 5.65 Å². The molecule has 5 nitrogen and oxygen atoms in total. The predicted molar refractivity (Wildman–Crippen MR) is 77.4 cm³/mol. The summed E-state index contributed by atoms with van der Waals surface area (Å²) < 4.78 is 7.12. The Labute approximate surface area is 117 Å². The summed E-state index contributed by atoms with van der Waals surface area (Å²) >= 11 is 0. The summed E-state index contributed by atoms with van der Waals surface area (Å²) in [7, 11) is 1.92. The Balaban J connectivity index is 1.61. The lowest BCUT2D eigenvalue weighted by atomic mass is 10.2. The van der Waals surface area contributed by atoms with Crippen LogP contribution in [0.4, 0.5) is 0 Å². The monoisotopic (exact) mass is 270 g/mol. The highest BCUT2D eigenvalue weighted by molar-refractivity contribution is 5.78. The third-order valence-corrected chi connectivity index (χ3v) is 3.38. The van der Waals surface area contributed by atoms with Crippen LogP contribution in [0.5, 0.6) is 0 Å². The van der Waals surface area contributed by atoms with E-state index in [2.05, 4.69) is 21.5 Å². The quantitative estimate of drug-likeness (QED) is 0.722. The fourth-order valence-electron chi connectivity index (χ4n) is 2.35. The zero-order valence-electron chi connectivity index (χ0n) is 11.8. The van der Waals surface area contributed by atoms with Crippen molar-refractivity contribution in [2.24, 2.45) is 7.05 Å². The predicted octanol–water partition coefficient (Wildman–Crippen LogP) is 2.20. The molecule has 0 amide bonds. The molecule has 0 unspecified atom stereocenters. The average Bonchev–Trinajstić information content (AvgIpc) is 3.05. The van der Waals surface area contributed by atoms with Crippen molar-refractivity contribution in [2.45, 2.75) is 19.9 Å². The first-order valence-corrected chi connectivity index (χ1v) is 6.75. The molecule has 0 fully saturated rings. The second-order valence-corrected chi connectivity index (χ2v) is 4.93. The van der Waals surface area contributed by atoms with Gasteiger partial charge < -0.3 is 9.73 Å². The molecule has 20 heavy (non-hydrogen) atoms. The minimum absolute atomic E-state index is 0.804. The summed E-state index contributed by atoms with van der Waals surface area (Å²) in [6, 6.07) is 6.07. The van der Waals surface area contributed by atoms with Crippen LogP contribution in [0.15, 0.2) is 35.1 Å². The fourth-order valence-corrected chi connectivity index (χ4v) is 2.35. The number of nitrogens with one attached hydrogen (secondary N) is 1. The summed E-state index contributed by atoms with van der Waals surface area (Å²) in [6.45, 7) is 3.70. The van der Waals surface area contributed by atoms with Crippen molar-refractivity contribution < 1.29 is 4.42 Å². The maximum atomic E-state index is 5.30. The highest BCUT2D eigenvalue weighted by Gasteiger charge is 2.06. The van der Waals surface area contributed by atoms with E-state index in [0.717, 1.165) is 42.0 Å². The van der Waals surface area contributed by atoms with Crippen molar-refractivity contribution in [3.63, 3.8) is 0 Å². The van der Waals surface area contributed by atoms with Crippen LogP contribution in [-0.2, 0) is 20.0 Å². The van der Waals surface area contributed by atoms with Crippen molar-refractivity contribution in [3.05, 3.63) is 47.7 Å². The van der Waals surface area contributed by atoms with E-state index in [-0.39, 0.29) is 0 Å². The van der Waals surface area contributed by atoms with E-state index >= 15 is 0 Å². The van der Waals surface area contributed by atoms with Crippen LogP contribution in [0.1, 0.15) is 17.0 Å². The van der Waals surface area contributed by atoms with E-state index < -0.39 is 0 Å². The second kappa shape index (κ2) is 5.46. The van der Waals surface area contributed by atoms with E-state index in [1.54, 1.807) is 6.26 Å². The molecule has 0 radical (unpaired) electrons. The molecule has 3 aromatic rings. The van der Waals surface area contributed by atoms with E-state index in [0.29, 0.717) is 0 Å². The molecule has 0 aromatic carbocycles. The van der Waals surface area contributed by atoms with E-state index in [4.69, 9.17) is 4.42 Å². The first kappa shape index (κ1) is 12.9. The molecule has 0 atom stereocenters. The number of fused-ring (bicyclic) bond motifs is 1. The summed E-state index contributed by atoms with van der Waals surface area (Å²) in [5.41, 5.74) is 3.13. The molecule has 0 saturated carbocycles. The standard InChI is InChI=1S/C15H18N4O/c1-11-14-8-12(10-17-15(14)19(2)18-11)9-16-6-5-13-4-3-7-20-13/h3-4,7-8,10,16H,5-6,9H2,1-2H3. The zero-order valence-corrected chi connectivity index (χ0v) is 11.8. The average molecular weight is 270 g/mol. The Morgan fingerprint density at radius 2 is 2.30 bits per heavy atom. The highest BCUT2D eigenvalue weighted by Crippen LogP contribution is 2.16. The van der Waals surface area contributed by atoms with Gasteiger partial charge in [-0.1, -0.05) is 0 Å². The molecule has 1 N–H and O–H groups in total. The van der Waals surface area contributed by atoms with E-state index in [1.165, 1.54) is 5.56 Å². The maximum Gasteiger partial charge on any atom is 0.157 e. The van der Waals surface area contributed by atoms with Crippen molar-refractivity contribution >= 4 is 11.0 Å². The van der Waals surface area contributed by atoms with Crippen LogP contribution < -0.4 is 5.32 Å². The summed E-state index contributed by atoms with van der Waals surface area (Å²) in [5.74, 6) is 1.01. The lowest BCUT2D eigenvalue weighted by Gasteiger charge is -2.04. The molecule has 0 aliphatic rings. The van der Waals surface area contributed by atoms with Crippen molar-refractivity contribution in [1.29, 1.82) is 0 Å². The van der Waals surface area contributed by atoms with E-state index in [9.17, 15) is 0 Å². The minimum atomic E-state index is 0.804. The number of aromatic nitrogens is 3. The summed E-state index contributed by atoms with van der Waals surface area (Å²) in [6.07, 6.45) is 4.51. The first-order valence-electron chi connectivity index (χ1n) is 6.75. The molecular weight excluding hydrogens is 252 g/mol. The van der Waals surface area contributed by atoms with Crippen LogP contribution in [0.25, 0.3) is 11.0 Å². The fraction of sp³-hybridized carbons (Fsp3) is 0.333. The van der Waals surface area contributed by atoms with Crippen molar-refractivity contribution in [2.75, 3.05) is 6.54 Å². The minimum Gasteiger partial charge on any atom is -0.469 e. The van der Waals surface area contributed by atoms with E-state index in [1.807, 2.05) is 37.0 Å². The normalized spacial score (nSPS) is 11.3. The topological polar surface area (TPSA) is 55.9 Å². The molecule has 0 saturated heterocycles. The molecular formula is C15H18N4O. The number of hydrogen-bond acceptors (Lipinski definition) is 4.